The van der Waals surface area contributed by atoms with Crippen molar-refractivity contribution in [1.82, 2.24) is 0 Å². The first kappa shape index (κ1) is 13.9. The summed E-state index contributed by atoms with van der Waals surface area (Å²) >= 11 is 0. The van der Waals surface area contributed by atoms with Gasteiger partial charge < -0.3 is 9.47 Å². The molecule has 0 spiro atoms. The molecule has 0 aromatic rings. The highest BCUT2D eigenvalue weighted by Gasteiger charge is 2.18. The van der Waals surface area contributed by atoms with E-state index in [9.17, 15) is 4.79 Å². The standard InChI is InChI=1S/C11H19NO3/c1-3-5-7-14-8-6-10(9-12)11(13)15-4-2/h10H,3-8H2,1-2H3. The lowest BCUT2D eigenvalue weighted by Gasteiger charge is -2.08. The fourth-order valence-electron chi connectivity index (χ4n) is 1.03. The summed E-state index contributed by atoms with van der Waals surface area (Å²) in [6.45, 7) is 5.26. The normalized spacial score (nSPS) is 11.8. The van der Waals surface area contributed by atoms with Crippen LogP contribution < -0.4 is 0 Å². The molecule has 0 aliphatic heterocycles. The molecule has 0 radical (unpaired) electrons. The Morgan fingerprint density at radius 3 is 2.67 bits per heavy atom. The second-order valence-corrected chi connectivity index (χ2v) is 3.19. The average molecular weight is 213 g/mol. The van der Waals surface area contributed by atoms with E-state index in [1.807, 2.05) is 6.07 Å². The van der Waals surface area contributed by atoms with Gasteiger partial charge in [0.15, 0.2) is 0 Å². The Labute approximate surface area is 91.2 Å². The summed E-state index contributed by atoms with van der Waals surface area (Å²) in [6, 6.07) is 1.92. The van der Waals surface area contributed by atoms with Crippen molar-refractivity contribution in [3.8, 4) is 6.07 Å². The molecule has 0 aromatic heterocycles. The van der Waals surface area contributed by atoms with Crippen LogP contribution in [0.3, 0.4) is 0 Å². The van der Waals surface area contributed by atoms with E-state index in [0.29, 0.717) is 26.2 Å². The van der Waals surface area contributed by atoms with Crippen LogP contribution in [0.1, 0.15) is 33.1 Å². The lowest BCUT2D eigenvalue weighted by molar-refractivity contribution is -0.146. The van der Waals surface area contributed by atoms with Crippen LogP contribution >= 0.6 is 0 Å². The van der Waals surface area contributed by atoms with Gasteiger partial charge in [0.25, 0.3) is 0 Å². The molecule has 0 aromatic carbocycles. The van der Waals surface area contributed by atoms with Gasteiger partial charge in [0.1, 0.15) is 5.92 Å². The summed E-state index contributed by atoms with van der Waals surface area (Å²) in [5, 5.41) is 8.72. The number of carbonyl (C=O) groups excluding carboxylic acids is 1. The van der Waals surface area contributed by atoms with Crippen molar-refractivity contribution in [1.29, 1.82) is 5.26 Å². The van der Waals surface area contributed by atoms with E-state index < -0.39 is 11.9 Å². The van der Waals surface area contributed by atoms with Gasteiger partial charge in [0, 0.05) is 13.2 Å². The molecule has 0 rings (SSSR count). The first-order chi connectivity index (χ1) is 7.26. The van der Waals surface area contributed by atoms with Crippen molar-refractivity contribution in [2.45, 2.75) is 33.1 Å². The fourth-order valence-corrected chi connectivity index (χ4v) is 1.03. The first-order valence-electron chi connectivity index (χ1n) is 5.40. The smallest absolute Gasteiger partial charge is 0.323 e. The maximum Gasteiger partial charge on any atom is 0.323 e. The largest absolute Gasteiger partial charge is 0.465 e. The second-order valence-electron chi connectivity index (χ2n) is 3.19. The summed E-state index contributed by atoms with van der Waals surface area (Å²) in [7, 11) is 0. The number of rotatable bonds is 8. The zero-order valence-electron chi connectivity index (χ0n) is 9.49. The number of carbonyl (C=O) groups is 1. The van der Waals surface area contributed by atoms with Crippen LogP contribution in [0.2, 0.25) is 0 Å². The summed E-state index contributed by atoms with van der Waals surface area (Å²) in [5.74, 6) is -1.13. The zero-order valence-corrected chi connectivity index (χ0v) is 9.49. The van der Waals surface area contributed by atoms with Gasteiger partial charge in [0.05, 0.1) is 12.7 Å². The van der Waals surface area contributed by atoms with Crippen LogP contribution in [0, 0.1) is 17.2 Å². The Bertz CT molecular complexity index is 210. The van der Waals surface area contributed by atoms with Crippen molar-refractivity contribution < 1.29 is 14.3 Å². The number of unbranched alkanes of at least 4 members (excludes halogenated alkanes) is 1. The average Bonchev–Trinajstić information content (AvgIpc) is 2.23. The maximum absolute atomic E-state index is 11.2. The predicted molar refractivity (Wildman–Crippen MR) is 56.1 cm³/mol. The molecule has 1 unspecified atom stereocenters. The van der Waals surface area contributed by atoms with E-state index >= 15 is 0 Å². The van der Waals surface area contributed by atoms with Crippen molar-refractivity contribution in [2.75, 3.05) is 19.8 Å². The van der Waals surface area contributed by atoms with Gasteiger partial charge >= 0.3 is 5.97 Å². The van der Waals surface area contributed by atoms with Gasteiger partial charge in [-0.3, -0.25) is 4.79 Å². The molecule has 0 saturated heterocycles. The van der Waals surface area contributed by atoms with Gasteiger partial charge in [-0.05, 0) is 19.8 Å². The fraction of sp³-hybridized carbons (Fsp3) is 0.818. The summed E-state index contributed by atoms with van der Waals surface area (Å²) in [4.78, 5) is 11.2. The molecular weight excluding hydrogens is 194 g/mol. The van der Waals surface area contributed by atoms with Gasteiger partial charge in [0.2, 0.25) is 0 Å². The van der Waals surface area contributed by atoms with Gasteiger partial charge in [-0.2, -0.15) is 5.26 Å². The van der Waals surface area contributed by atoms with Crippen molar-refractivity contribution in [3.63, 3.8) is 0 Å². The molecule has 15 heavy (non-hydrogen) atoms. The molecule has 0 bridgehead atoms. The molecule has 1 atom stereocenters. The second kappa shape index (κ2) is 9.47. The lowest BCUT2D eigenvalue weighted by Crippen LogP contribution is -2.18. The van der Waals surface area contributed by atoms with Crippen molar-refractivity contribution in [2.24, 2.45) is 5.92 Å². The summed E-state index contributed by atoms with van der Waals surface area (Å²) in [5.41, 5.74) is 0. The Kier molecular flexibility index (Phi) is 8.79. The van der Waals surface area contributed by atoms with E-state index in [0.717, 1.165) is 12.8 Å². The van der Waals surface area contributed by atoms with E-state index in [1.54, 1.807) is 6.92 Å². The van der Waals surface area contributed by atoms with Crippen LogP contribution in [0.15, 0.2) is 0 Å². The lowest BCUT2D eigenvalue weighted by atomic mass is 10.1. The third-order valence-electron chi connectivity index (χ3n) is 1.92. The number of nitrogens with zero attached hydrogens (tertiary/aromatic N) is 1. The van der Waals surface area contributed by atoms with Crippen LogP contribution in [-0.2, 0) is 14.3 Å². The Morgan fingerprint density at radius 2 is 2.13 bits per heavy atom. The zero-order chi connectivity index (χ0) is 11.5. The number of esters is 1. The predicted octanol–water partition coefficient (Wildman–Crippen LogP) is 1.90. The Hall–Kier alpha value is -1.08. The quantitative estimate of drug-likeness (QED) is 0.456. The Morgan fingerprint density at radius 1 is 1.40 bits per heavy atom. The van der Waals surface area contributed by atoms with E-state index in [1.165, 1.54) is 0 Å². The summed E-state index contributed by atoms with van der Waals surface area (Å²) < 4.78 is 10.0. The SMILES string of the molecule is CCCCOCCC(C#N)C(=O)OCC. The maximum atomic E-state index is 11.2. The molecule has 0 fully saturated rings. The first-order valence-corrected chi connectivity index (χ1v) is 5.40. The minimum atomic E-state index is -0.688. The molecule has 0 aliphatic rings. The number of ether oxygens (including phenoxy) is 2. The van der Waals surface area contributed by atoms with Gasteiger partial charge in [-0.1, -0.05) is 13.3 Å². The molecule has 0 aliphatic carbocycles. The highest BCUT2D eigenvalue weighted by Crippen LogP contribution is 2.05. The van der Waals surface area contributed by atoms with Crippen molar-refractivity contribution >= 4 is 5.97 Å². The van der Waals surface area contributed by atoms with E-state index in [4.69, 9.17) is 14.7 Å². The molecule has 86 valence electrons. The van der Waals surface area contributed by atoms with Crippen molar-refractivity contribution in [3.05, 3.63) is 0 Å². The molecule has 4 nitrogen and oxygen atoms in total. The minimum absolute atomic E-state index is 0.313. The molecular formula is C11H19NO3. The molecule has 0 heterocycles. The third-order valence-corrected chi connectivity index (χ3v) is 1.92. The van der Waals surface area contributed by atoms with Crippen LogP contribution in [-0.4, -0.2) is 25.8 Å². The van der Waals surface area contributed by atoms with E-state index in [-0.39, 0.29) is 0 Å². The highest BCUT2D eigenvalue weighted by atomic mass is 16.5. The molecule has 0 amide bonds. The van der Waals surface area contributed by atoms with Crippen LogP contribution in [0.25, 0.3) is 0 Å². The number of hydrogen-bond donors (Lipinski definition) is 0. The molecule has 0 saturated carbocycles. The Balaban J connectivity index is 3.62. The molecule has 4 heteroatoms. The highest BCUT2D eigenvalue weighted by molar-refractivity contribution is 5.75. The summed E-state index contributed by atoms with van der Waals surface area (Å²) in [6.07, 6.45) is 2.51. The molecule has 0 N–H and O–H groups in total. The van der Waals surface area contributed by atoms with Gasteiger partial charge in [-0.25, -0.2) is 0 Å². The third kappa shape index (κ3) is 6.92. The minimum Gasteiger partial charge on any atom is -0.465 e. The topological polar surface area (TPSA) is 59.3 Å². The van der Waals surface area contributed by atoms with Gasteiger partial charge in [-0.15, -0.1) is 0 Å². The number of hydrogen-bond acceptors (Lipinski definition) is 4. The monoisotopic (exact) mass is 213 g/mol. The number of nitriles is 1. The van der Waals surface area contributed by atoms with Crippen LogP contribution in [0.5, 0.6) is 0 Å². The van der Waals surface area contributed by atoms with Crippen LogP contribution in [0.4, 0.5) is 0 Å². The van der Waals surface area contributed by atoms with E-state index in [2.05, 4.69) is 6.92 Å².